The van der Waals surface area contributed by atoms with Crippen molar-refractivity contribution in [1.82, 2.24) is 10.3 Å². The molecular formula is C14H18N2O2. The van der Waals surface area contributed by atoms with Crippen molar-refractivity contribution in [2.75, 3.05) is 26.4 Å². The van der Waals surface area contributed by atoms with Gasteiger partial charge in [-0.05, 0) is 23.1 Å². The van der Waals surface area contributed by atoms with Crippen LogP contribution >= 0.6 is 0 Å². The number of pyridine rings is 1. The summed E-state index contributed by atoms with van der Waals surface area (Å²) in [5, 5.41) is 14.2. The number of aromatic nitrogens is 1. The maximum atomic E-state index is 8.55. The fourth-order valence-electron chi connectivity index (χ4n) is 1.79. The smallest absolute Gasteiger partial charge is 0.0698 e. The quantitative estimate of drug-likeness (QED) is 0.724. The molecule has 0 amide bonds. The van der Waals surface area contributed by atoms with Crippen molar-refractivity contribution >= 4 is 10.8 Å². The Morgan fingerprint density at radius 3 is 3.00 bits per heavy atom. The molecule has 4 heteroatoms. The van der Waals surface area contributed by atoms with Gasteiger partial charge in [0.05, 0.1) is 19.8 Å². The second-order valence-electron chi connectivity index (χ2n) is 4.07. The number of hydrogen-bond donors (Lipinski definition) is 2. The lowest BCUT2D eigenvalue weighted by Gasteiger charge is -2.06. The van der Waals surface area contributed by atoms with E-state index in [-0.39, 0.29) is 6.61 Å². The fraction of sp³-hybridized carbons (Fsp3) is 0.357. The monoisotopic (exact) mass is 246 g/mol. The summed E-state index contributed by atoms with van der Waals surface area (Å²) in [4.78, 5) is 4.09. The van der Waals surface area contributed by atoms with Crippen molar-refractivity contribution in [3.8, 4) is 0 Å². The first-order chi connectivity index (χ1) is 8.90. The molecule has 2 aromatic rings. The molecule has 0 fully saturated rings. The highest BCUT2D eigenvalue weighted by molar-refractivity contribution is 5.81. The third-order valence-electron chi connectivity index (χ3n) is 2.69. The Hall–Kier alpha value is -1.49. The standard InChI is InChI=1S/C14H18N2O2/c17-6-8-18-7-5-16-10-12-1-2-14-11-15-4-3-13(14)9-12/h1-4,9,11,16-17H,5-8,10H2. The summed E-state index contributed by atoms with van der Waals surface area (Å²) in [6.07, 6.45) is 3.68. The largest absolute Gasteiger partial charge is 0.394 e. The second kappa shape index (κ2) is 7.06. The van der Waals surface area contributed by atoms with E-state index in [1.54, 1.807) is 0 Å². The number of benzene rings is 1. The topological polar surface area (TPSA) is 54.4 Å². The lowest BCUT2D eigenvalue weighted by molar-refractivity contribution is 0.0938. The van der Waals surface area contributed by atoms with Gasteiger partial charge < -0.3 is 15.2 Å². The lowest BCUT2D eigenvalue weighted by atomic mass is 10.1. The Kier molecular flexibility index (Phi) is 5.08. The van der Waals surface area contributed by atoms with Crippen LogP contribution in [0.5, 0.6) is 0 Å². The number of hydrogen-bond acceptors (Lipinski definition) is 4. The van der Waals surface area contributed by atoms with Crippen LogP contribution in [0.2, 0.25) is 0 Å². The molecule has 4 nitrogen and oxygen atoms in total. The molecule has 1 aromatic heterocycles. The Bertz CT molecular complexity index is 488. The molecule has 0 aliphatic heterocycles. The molecule has 96 valence electrons. The van der Waals surface area contributed by atoms with Crippen molar-refractivity contribution < 1.29 is 9.84 Å². The van der Waals surface area contributed by atoms with E-state index in [0.29, 0.717) is 13.2 Å². The number of aliphatic hydroxyl groups is 1. The number of nitrogens with one attached hydrogen (secondary N) is 1. The number of ether oxygens (including phenoxy) is 1. The first-order valence-corrected chi connectivity index (χ1v) is 6.12. The number of aliphatic hydroxyl groups excluding tert-OH is 1. The zero-order valence-electron chi connectivity index (χ0n) is 10.3. The van der Waals surface area contributed by atoms with Crippen LogP contribution in [0.1, 0.15) is 5.56 Å². The van der Waals surface area contributed by atoms with E-state index < -0.39 is 0 Å². The van der Waals surface area contributed by atoms with E-state index >= 15 is 0 Å². The van der Waals surface area contributed by atoms with E-state index in [1.165, 1.54) is 10.9 Å². The van der Waals surface area contributed by atoms with Gasteiger partial charge in [0.25, 0.3) is 0 Å². The normalized spacial score (nSPS) is 10.9. The predicted molar refractivity (Wildman–Crippen MR) is 71.4 cm³/mol. The fourth-order valence-corrected chi connectivity index (χ4v) is 1.79. The van der Waals surface area contributed by atoms with Gasteiger partial charge in [-0.1, -0.05) is 12.1 Å². The SMILES string of the molecule is OCCOCCNCc1ccc2cnccc2c1. The van der Waals surface area contributed by atoms with E-state index in [0.717, 1.165) is 18.5 Å². The Morgan fingerprint density at radius 1 is 1.17 bits per heavy atom. The molecule has 1 heterocycles. The zero-order valence-corrected chi connectivity index (χ0v) is 10.3. The van der Waals surface area contributed by atoms with Crippen LogP contribution in [0.4, 0.5) is 0 Å². The summed E-state index contributed by atoms with van der Waals surface area (Å²) >= 11 is 0. The van der Waals surface area contributed by atoms with E-state index in [1.807, 2.05) is 18.5 Å². The van der Waals surface area contributed by atoms with E-state index in [9.17, 15) is 0 Å². The van der Waals surface area contributed by atoms with Crippen molar-refractivity contribution in [2.24, 2.45) is 0 Å². The first-order valence-electron chi connectivity index (χ1n) is 6.12. The van der Waals surface area contributed by atoms with Gasteiger partial charge >= 0.3 is 0 Å². The number of fused-ring (bicyclic) bond motifs is 1. The van der Waals surface area contributed by atoms with Gasteiger partial charge in [0, 0.05) is 30.9 Å². The van der Waals surface area contributed by atoms with Gasteiger partial charge in [-0.15, -0.1) is 0 Å². The van der Waals surface area contributed by atoms with Crippen molar-refractivity contribution in [3.63, 3.8) is 0 Å². The first kappa shape index (κ1) is 13.0. The molecule has 0 saturated heterocycles. The van der Waals surface area contributed by atoms with Gasteiger partial charge in [-0.2, -0.15) is 0 Å². The van der Waals surface area contributed by atoms with Gasteiger partial charge in [0.2, 0.25) is 0 Å². The predicted octanol–water partition coefficient (Wildman–Crippen LogP) is 1.33. The molecule has 18 heavy (non-hydrogen) atoms. The van der Waals surface area contributed by atoms with Crippen molar-refractivity contribution in [1.29, 1.82) is 0 Å². The Balaban J connectivity index is 1.81. The van der Waals surface area contributed by atoms with Crippen LogP contribution in [0, 0.1) is 0 Å². The summed E-state index contributed by atoms with van der Waals surface area (Å²) in [5.74, 6) is 0. The Morgan fingerprint density at radius 2 is 2.11 bits per heavy atom. The summed E-state index contributed by atoms with van der Waals surface area (Å²) < 4.78 is 5.17. The average Bonchev–Trinajstić information content (AvgIpc) is 2.42. The number of rotatable bonds is 7. The molecule has 2 rings (SSSR count). The van der Waals surface area contributed by atoms with Crippen LogP contribution < -0.4 is 5.32 Å². The van der Waals surface area contributed by atoms with Gasteiger partial charge in [0.15, 0.2) is 0 Å². The Labute approximate surface area is 107 Å². The zero-order chi connectivity index (χ0) is 12.6. The summed E-state index contributed by atoms with van der Waals surface area (Å²) in [5.41, 5.74) is 1.25. The van der Waals surface area contributed by atoms with Gasteiger partial charge in [0.1, 0.15) is 0 Å². The molecule has 0 spiro atoms. The molecule has 0 radical (unpaired) electrons. The number of nitrogens with zero attached hydrogens (tertiary/aromatic N) is 1. The molecule has 0 atom stereocenters. The molecule has 1 aromatic carbocycles. The highest BCUT2D eigenvalue weighted by atomic mass is 16.5. The second-order valence-corrected chi connectivity index (χ2v) is 4.07. The molecule has 2 N–H and O–H groups in total. The molecule has 0 bridgehead atoms. The van der Waals surface area contributed by atoms with Gasteiger partial charge in [-0.25, -0.2) is 0 Å². The average molecular weight is 246 g/mol. The van der Waals surface area contributed by atoms with E-state index in [2.05, 4.69) is 28.5 Å². The minimum absolute atomic E-state index is 0.0821. The highest BCUT2D eigenvalue weighted by Gasteiger charge is 1.96. The third kappa shape index (κ3) is 3.77. The molecule has 0 saturated carbocycles. The summed E-state index contributed by atoms with van der Waals surface area (Å²) in [6, 6.07) is 8.37. The van der Waals surface area contributed by atoms with Crippen LogP contribution in [-0.2, 0) is 11.3 Å². The van der Waals surface area contributed by atoms with E-state index in [4.69, 9.17) is 9.84 Å². The van der Waals surface area contributed by atoms with Crippen LogP contribution in [0.25, 0.3) is 10.8 Å². The third-order valence-corrected chi connectivity index (χ3v) is 2.69. The highest BCUT2D eigenvalue weighted by Crippen LogP contribution is 2.14. The minimum atomic E-state index is 0.0821. The lowest BCUT2D eigenvalue weighted by Crippen LogP contribution is -2.19. The maximum Gasteiger partial charge on any atom is 0.0698 e. The van der Waals surface area contributed by atoms with Crippen LogP contribution in [0.15, 0.2) is 36.7 Å². The maximum absolute atomic E-state index is 8.55. The van der Waals surface area contributed by atoms with Crippen LogP contribution in [-0.4, -0.2) is 36.5 Å². The van der Waals surface area contributed by atoms with Crippen LogP contribution in [0.3, 0.4) is 0 Å². The molecular weight excluding hydrogens is 228 g/mol. The minimum Gasteiger partial charge on any atom is -0.394 e. The molecule has 0 unspecified atom stereocenters. The summed E-state index contributed by atoms with van der Waals surface area (Å²) in [7, 11) is 0. The molecule has 0 aliphatic carbocycles. The van der Waals surface area contributed by atoms with Crippen molar-refractivity contribution in [2.45, 2.75) is 6.54 Å². The van der Waals surface area contributed by atoms with Crippen molar-refractivity contribution in [3.05, 3.63) is 42.2 Å². The molecule has 0 aliphatic rings. The summed E-state index contributed by atoms with van der Waals surface area (Å²) in [6.45, 7) is 2.72. The van der Waals surface area contributed by atoms with Gasteiger partial charge in [-0.3, -0.25) is 4.98 Å².